The van der Waals surface area contributed by atoms with Gasteiger partial charge in [0.05, 0.1) is 17.5 Å². The highest BCUT2D eigenvalue weighted by Crippen LogP contribution is 2.48. The minimum atomic E-state index is -0.893. The van der Waals surface area contributed by atoms with Crippen molar-refractivity contribution in [3.8, 4) is 0 Å². The molecule has 1 fully saturated rings. The lowest BCUT2D eigenvalue weighted by atomic mass is 9.82. The van der Waals surface area contributed by atoms with E-state index in [2.05, 4.69) is 5.32 Å². The smallest absolute Gasteiger partial charge is 0.307 e. The number of carbonyl (C=O) groups excluding carboxylic acids is 1. The molecule has 2 aromatic carbocycles. The second-order valence-corrected chi connectivity index (χ2v) is 8.43. The topological polar surface area (TPSA) is 66.4 Å². The Morgan fingerprint density at radius 1 is 1.00 bits per heavy atom. The first-order valence-electron chi connectivity index (χ1n) is 8.77. The van der Waals surface area contributed by atoms with Crippen LogP contribution >= 0.6 is 23.4 Å². The minimum absolute atomic E-state index is 0.00665. The Morgan fingerprint density at radius 3 is 2.37 bits per heavy atom. The Balaban J connectivity index is 1.54. The number of para-hydroxylation sites is 1. The molecule has 4 atom stereocenters. The zero-order valence-electron chi connectivity index (χ0n) is 14.3. The second-order valence-electron chi connectivity index (χ2n) is 6.88. The van der Waals surface area contributed by atoms with Gasteiger partial charge in [-0.25, -0.2) is 0 Å². The fraction of sp³-hybridized carbons (Fsp3) is 0.238. The summed E-state index contributed by atoms with van der Waals surface area (Å²) in [6.07, 6.45) is 4.68. The van der Waals surface area contributed by atoms with E-state index in [0.29, 0.717) is 10.7 Å². The molecule has 0 spiro atoms. The average Bonchev–Trinajstić information content (AvgIpc) is 3.26. The molecule has 1 amide bonds. The van der Waals surface area contributed by atoms with Gasteiger partial charge in [0.1, 0.15) is 0 Å². The summed E-state index contributed by atoms with van der Waals surface area (Å²) in [5, 5.41) is 13.2. The number of allylic oxidation sites excluding steroid dienone is 2. The SMILES string of the molecule is O=C(O)C1C2C=CC(C2)C1C(=O)Nc1ccccc1Sc1ccc(Cl)cc1. The molecule has 2 N–H and O–H groups in total. The molecule has 2 aliphatic carbocycles. The van der Waals surface area contributed by atoms with Crippen molar-refractivity contribution in [2.75, 3.05) is 5.32 Å². The molecule has 138 valence electrons. The van der Waals surface area contributed by atoms with Crippen molar-refractivity contribution in [1.82, 2.24) is 0 Å². The van der Waals surface area contributed by atoms with Gasteiger partial charge in [-0.1, -0.05) is 47.6 Å². The molecule has 0 aromatic heterocycles. The van der Waals surface area contributed by atoms with Gasteiger partial charge in [-0.3, -0.25) is 9.59 Å². The minimum Gasteiger partial charge on any atom is -0.481 e. The quantitative estimate of drug-likeness (QED) is 0.698. The number of nitrogens with one attached hydrogen (secondary N) is 1. The largest absolute Gasteiger partial charge is 0.481 e. The molecule has 6 heteroatoms. The lowest BCUT2D eigenvalue weighted by molar-refractivity contribution is -0.146. The van der Waals surface area contributed by atoms with E-state index < -0.39 is 17.8 Å². The van der Waals surface area contributed by atoms with Crippen LogP contribution in [-0.2, 0) is 9.59 Å². The van der Waals surface area contributed by atoms with Crippen LogP contribution in [0.3, 0.4) is 0 Å². The second kappa shape index (κ2) is 7.41. The summed E-state index contributed by atoms with van der Waals surface area (Å²) in [7, 11) is 0. The summed E-state index contributed by atoms with van der Waals surface area (Å²) >= 11 is 7.46. The monoisotopic (exact) mass is 399 g/mol. The fourth-order valence-electron chi connectivity index (χ4n) is 4.02. The van der Waals surface area contributed by atoms with E-state index in [4.69, 9.17) is 11.6 Å². The van der Waals surface area contributed by atoms with Crippen LogP contribution in [0, 0.1) is 23.7 Å². The van der Waals surface area contributed by atoms with Crippen LogP contribution in [0.2, 0.25) is 5.02 Å². The molecular weight excluding hydrogens is 382 g/mol. The van der Waals surface area contributed by atoms with E-state index >= 15 is 0 Å². The number of hydrogen-bond donors (Lipinski definition) is 2. The molecule has 2 bridgehead atoms. The Hall–Kier alpha value is -2.24. The predicted octanol–water partition coefficient (Wildman–Crippen LogP) is 4.95. The number of benzene rings is 2. The number of carbonyl (C=O) groups is 2. The number of carboxylic acid groups (broad SMARTS) is 1. The molecule has 4 nitrogen and oxygen atoms in total. The Morgan fingerprint density at radius 2 is 1.67 bits per heavy atom. The highest BCUT2D eigenvalue weighted by atomic mass is 35.5. The van der Waals surface area contributed by atoms with Gasteiger partial charge in [0, 0.05) is 14.8 Å². The van der Waals surface area contributed by atoms with Gasteiger partial charge >= 0.3 is 5.97 Å². The van der Waals surface area contributed by atoms with Crippen LogP contribution in [0.5, 0.6) is 0 Å². The number of fused-ring (bicyclic) bond motifs is 2. The highest BCUT2D eigenvalue weighted by Gasteiger charge is 2.51. The zero-order valence-corrected chi connectivity index (χ0v) is 15.9. The number of rotatable bonds is 5. The molecule has 4 rings (SSSR count). The normalized spacial score (nSPS) is 25.5. The van der Waals surface area contributed by atoms with Gasteiger partial charge < -0.3 is 10.4 Å². The lowest BCUT2D eigenvalue weighted by Gasteiger charge is -2.24. The zero-order chi connectivity index (χ0) is 19.0. The van der Waals surface area contributed by atoms with Crippen LogP contribution in [0.1, 0.15) is 6.42 Å². The van der Waals surface area contributed by atoms with Crippen LogP contribution in [0.25, 0.3) is 0 Å². The van der Waals surface area contributed by atoms with Gasteiger partial charge in [-0.05, 0) is 54.7 Å². The molecule has 4 unspecified atom stereocenters. The van der Waals surface area contributed by atoms with E-state index in [-0.39, 0.29) is 17.7 Å². The number of aliphatic carboxylic acids is 1. The Labute approximate surface area is 166 Å². The molecule has 1 saturated carbocycles. The summed E-state index contributed by atoms with van der Waals surface area (Å²) in [5.74, 6) is -2.31. The summed E-state index contributed by atoms with van der Waals surface area (Å²) in [6.45, 7) is 0. The number of halogens is 1. The number of carboxylic acids is 1. The fourth-order valence-corrected chi connectivity index (χ4v) is 5.05. The standard InChI is InChI=1S/C21H18ClNO3S/c22-14-7-9-15(10-8-14)27-17-4-2-1-3-16(17)23-20(24)18-12-5-6-13(11-12)19(18)21(25)26/h1-10,12-13,18-19H,11H2,(H,23,24)(H,25,26). The third-order valence-corrected chi connectivity index (χ3v) is 6.57. The first-order chi connectivity index (χ1) is 13.0. The van der Waals surface area contributed by atoms with Crippen molar-refractivity contribution in [2.24, 2.45) is 23.7 Å². The Kier molecular flexibility index (Phi) is 4.98. The molecule has 0 saturated heterocycles. The Bertz CT molecular complexity index is 912. The van der Waals surface area contributed by atoms with Gasteiger partial charge in [0.2, 0.25) is 5.91 Å². The van der Waals surface area contributed by atoms with E-state index in [9.17, 15) is 14.7 Å². The maximum Gasteiger partial charge on any atom is 0.307 e. The maximum atomic E-state index is 12.9. The van der Waals surface area contributed by atoms with Crippen LogP contribution in [0.4, 0.5) is 5.69 Å². The van der Waals surface area contributed by atoms with Crippen molar-refractivity contribution in [2.45, 2.75) is 16.2 Å². The van der Waals surface area contributed by atoms with E-state index in [1.807, 2.05) is 60.7 Å². The number of hydrogen-bond acceptors (Lipinski definition) is 3. The lowest BCUT2D eigenvalue weighted by Crippen LogP contribution is -2.36. The average molecular weight is 400 g/mol. The van der Waals surface area contributed by atoms with E-state index in [1.165, 1.54) is 11.8 Å². The molecular formula is C21H18ClNO3S. The molecule has 27 heavy (non-hydrogen) atoms. The van der Waals surface area contributed by atoms with Gasteiger partial charge in [0.25, 0.3) is 0 Å². The first-order valence-corrected chi connectivity index (χ1v) is 9.97. The van der Waals surface area contributed by atoms with Gasteiger partial charge in [-0.15, -0.1) is 0 Å². The molecule has 0 aliphatic heterocycles. The van der Waals surface area contributed by atoms with Crippen molar-refractivity contribution < 1.29 is 14.7 Å². The van der Waals surface area contributed by atoms with E-state index in [0.717, 1.165) is 16.2 Å². The molecule has 0 radical (unpaired) electrons. The third-order valence-electron chi connectivity index (χ3n) is 5.23. The van der Waals surface area contributed by atoms with Gasteiger partial charge in [-0.2, -0.15) is 0 Å². The molecule has 2 aromatic rings. The predicted molar refractivity (Wildman–Crippen MR) is 106 cm³/mol. The van der Waals surface area contributed by atoms with Gasteiger partial charge in [0.15, 0.2) is 0 Å². The summed E-state index contributed by atoms with van der Waals surface area (Å²) in [5.41, 5.74) is 0.693. The first kappa shape index (κ1) is 18.1. The van der Waals surface area contributed by atoms with Crippen LogP contribution < -0.4 is 5.32 Å². The number of amides is 1. The summed E-state index contributed by atoms with van der Waals surface area (Å²) < 4.78 is 0. The number of anilines is 1. The summed E-state index contributed by atoms with van der Waals surface area (Å²) in [4.78, 5) is 26.5. The van der Waals surface area contributed by atoms with E-state index in [1.54, 1.807) is 0 Å². The van der Waals surface area contributed by atoms with Crippen molar-refractivity contribution in [3.63, 3.8) is 0 Å². The molecule has 2 aliphatic rings. The maximum absolute atomic E-state index is 12.9. The highest BCUT2D eigenvalue weighted by molar-refractivity contribution is 7.99. The van der Waals surface area contributed by atoms with Crippen LogP contribution in [0.15, 0.2) is 70.5 Å². The summed E-state index contributed by atoms with van der Waals surface area (Å²) in [6, 6.07) is 15.0. The van der Waals surface area contributed by atoms with Crippen molar-refractivity contribution >= 4 is 40.9 Å². The van der Waals surface area contributed by atoms with Crippen molar-refractivity contribution in [1.29, 1.82) is 0 Å². The molecule has 0 heterocycles. The third kappa shape index (κ3) is 3.62. The van der Waals surface area contributed by atoms with Crippen LogP contribution in [-0.4, -0.2) is 17.0 Å². The van der Waals surface area contributed by atoms with Crippen molar-refractivity contribution in [3.05, 3.63) is 65.7 Å².